The van der Waals surface area contributed by atoms with Crippen molar-refractivity contribution in [2.24, 2.45) is 5.10 Å². The second-order valence-corrected chi connectivity index (χ2v) is 8.25. The van der Waals surface area contributed by atoms with Crippen LogP contribution in [0.1, 0.15) is 49.5 Å². The Labute approximate surface area is 163 Å². The summed E-state index contributed by atoms with van der Waals surface area (Å²) in [6.07, 6.45) is 7.31. The van der Waals surface area contributed by atoms with Crippen molar-refractivity contribution in [2.75, 3.05) is 12.9 Å². The van der Waals surface area contributed by atoms with Crippen LogP contribution in [0.3, 0.4) is 0 Å². The normalized spacial score (nSPS) is 20.1. The van der Waals surface area contributed by atoms with Gasteiger partial charge in [0.05, 0.1) is 24.8 Å². The van der Waals surface area contributed by atoms with Gasteiger partial charge in [0.2, 0.25) is 0 Å². The number of carbonyl (C=O) groups excluding carboxylic acids is 1. The van der Waals surface area contributed by atoms with Crippen molar-refractivity contribution in [3.8, 4) is 5.75 Å². The van der Waals surface area contributed by atoms with E-state index in [0.29, 0.717) is 17.4 Å². The van der Waals surface area contributed by atoms with Crippen LogP contribution in [-0.2, 0) is 4.79 Å². The van der Waals surface area contributed by atoms with Gasteiger partial charge in [0.15, 0.2) is 0 Å². The summed E-state index contributed by atoms with van der Waals surface area (Å²) in [6, 6.07) is 11.4. The predicted octanol–water partition coefficient (Wildman–Crippen LogP) is 4.64. The molecule has 4 rings (SSSR count). The van der Waals surface area contributed by atoms with Crippen LogP contribution in [0.25, 0.3) is 0 Å². The van der Waals surface area contributed by atoms with Gasteiger partial charge in [-0.15, -0.1) is 11.8 Å². The molecule has 1 aromatic heterocycles. The Balaban J connectivity index is 1.52. The summed E-state index contributed by atoms with van der Waals surface area (Å²) < 4.78 is 10.8. The lowest BCUT2D eigenvalue weighted by atomic mass is 10.0. The third-order valence-corrected chi connectivity index (χ3v) is 6.56. The quantitative estimate of drug-likeness (QED) is 0.728. The summed E-state index contributed by atoms with van der Waals surface area (Å²) in [4.78, 5) is 12.9. The third kappa shape index (κ3) is 4.05. The molecular weight excluding hydrogens is 360 g/mol. The molecule has 6 heteroatoms. The zero-order chi connectivity index (χ0) is 18.6. The van der Waals surface area contributed by atoms with Gasteiger partial charge in [0.25, 0.3) is 5.91 Å². The van der Waals surface area contributed by atoms with E-state index in [0.717, 1.165) is 22.8 Å². The summed E-state index contributed by atoms with van der Waals surface area (Å²) in [7, 11) is 1.65. The maximum absolute atomic E-state index is 12.9. The SMILES string of the molecule is COc1ccc(C2=NN(C(=O)CSC3CCCC3)[C@@H](c3ccco3)C2)cc1. The van der Waals surface area contributed by atoms with Crippen molar-refractivity contribution in [1.29, 1.82) is 0 Å². The lowest BCUT2D eigenvalue weighted by Crippen LogP contribution is -2.29. The van der Waals surface area contributed by atoms with E-state index in [-0.39, 0.29) is 11.9 Å². The molecule has 1 atom stereocenters. The first-order valence-electron chi connectivity index (χ1n) is 9.43. The fourth-order valence-corrected chi connectivity index (χ4v) is 4.89. The van der Waals surface area contributed by atoms with Gasteiger partial charge in [-0.2, -0.15) is 5.10 Å². The number of thioether (sulfide) groups is 1. The fraction of sp³-hybridized carbons (Fsp3) is 0.429. The molecule has 27 heavy (non-hydrogen) atoms. The van der Waals surface area contributed by atoms with Crippen LogP contribution in [0.2, 0.25) is 0 Å². The van der Waals surface area contributed by atoms with E-state index in [2.05, 4.69) is 5.10 Å². The largest absolute Gasteiger partial charge is 0.497 e. The molecule has 1 aliphatic carbocycles. The van der Waals surface area contributed by atoms with Gasteiger partial charge in [-0.25, -0.2) is 5.01 Å². The van der Waals surface area contributed by atoms with Crippen molar-refractivity contribution in [1.82, 2.24) is 5.01 Å². The molecule has 0 saturated heterocycles. The van der Waals surface area contributed by atoms with Crippen LogP contribution in [0.15, 0.2) is 52.2 Å². The van der Waals surface area contributed by atoms with Crippen LogP contribution in [0.4, 0.5) is 0 Å². The van der Waals surface area contributed by atoms with Crippen LogP contribution in [0.5, 0.6) is 5.75 Å². The van der Waals surface area contributed by atoms with Gasteiger partial charge >= 0.3 is 0 Å². The Bertz CT molecular complexity index is 795. The number of furan rings is 1. The van der Waals surface area contributed by atoms with Gasteiger partial charge in [-0.05, 0) is 54.8 Å². The topological polar surface area (TPSA) is 55.0 Å². The molecule has 2 aromatic rings. The number of hydrazone groups is 1. The van der Waals surface area contributed by atoms with Crippen LogP contribution < -0.4 is 4.74 Å². The molecule has 0 bridgehead atoms. The van der Waals surface area contributed by atoms with Crippen molar-refractivity contribution >= 4 is 23.4 Å². The molecule has 2 heterocycles. The highest BCUT2D eigenvalue weighted by Crippen LogP contribution is 2.35. The molecule has 1 amide bonds. The molecule has 0 radical (unpaired) electrons. The van der Waals surface area contributed by atoms with E-state index < -0.39 is 0 Å². The Kier molecular flexibility index (Phi) is 5.53. The van der Waals surface area contributed by atoms with Crippen molar-refractivity contribution in [2.45, 2.75) is 43.4 Å². The zero-order valence-electron chi connectivity index (χ0n) is 15.5. The highest BCUT2D eigenvalue weighted by Gasteiger charge is 2.35. The lowest BCUT2D eigenvalue weighted by molar-refractivity contribution is -0.130. The van der Waals surface area contributed by atoms with Crippen LogP contribution in [-0.4, -0.2) is 34.7 Å². The first-order chi connectivity index (χ1) is 13.2. The number of ether oxygens (including phenoxy) is 1. The van der Waals surface area contributed by atoms with E-state index >= 15 is 0 Å². The van der Waals surface area contributed by atoms with Crippen molar-refractivity contribution < 1.29 is 13.9 Å². The molecule has 5 nitrogen and oxygen atoms in total. The predicted molar refractivity (Wildman–Crippen MR) is 107 cm³/mol. The molecule has 1 aromatic carbocycles. The van der Waals surface area contributed by atoms with Crippen molar-refractivity contribution in [3.63, 3.8) is 0 Å². The Hall–Kier alpha value is -2.21. The van der Waals surface area contributed by atoms with E-state index in [1.54, 1.807) is 30.1 Å². The minimum Gasteiger partial charge on any atom is -0.497 e. The number of hydrogen-bond acceptors (Lipinski definition) is 5. The highest BCUT2D eigenvalue weighted by atomic mass is 32.2. The molecule has 0 unspecified atom stereocenters. The molecular formula is C21H24N2O3S. The number of amides is 1. The minimum atomic E-state index is -0.172. The summed E-state index contributed by atoms with van der Waals surface area (Å²) in [5.74, 6) is 2.11. The second kappa shape index (κ2) is 8.21. The number of nitrogens with zero attached hydrogens (tertiary/aromatic N) is 2. The maximum atomic E-state index is 12.9. The average molecular weight is 385 g/mol. The van der Waals surface area contributed by atoms with Gasteiger partial charge in [0, 0.05) is 11.7 Å². The number of benzene rings is 1. The minimum absolute atomic E-state index is 0.0526. The first kappa shape index (κ1) is 18.2. The van der Waals surface area contributed by atoms with Gasteiger partial charge in [0.1, 0.15) is 17.6 Å². The Morgan fingerprint density at radius 3 is 2.70 bits per heavy atom. The number of rotatable bonds is 6. The average Bonchev–Trinajstić information content (AvgIpc) is 3.47. The summed E-state index contributed by atoms with van der Waals surface area (Å²) >= 11 is 1.77. The fourth-order valence-electron chi connectivity index (χ4n) is 3.71. The van der Waals surface area contributed by atoms with E-state index in [9.17, 15) is 4.79 Å². The molecule has 1 fully saturated rings. The van der Waals surface area contributed by atoms with Crippen LogP contribution >= 0.6 is 11.8 Å². The summed E-state index contributed by atoms with van der Waals surface area (Å²) in [6.45, 7) is 0. The number of methoxy groups -OCH3 is 1. The second-order valence-electron chi connectivity index (χ2n) is 6.97. The smallest absolute Gasteiger partial charge is 0.253 e. The number of carbonyl (C=O) groups is 1. The summed E-state index contributed by atoms with van der Waals surface area (Å²) in [5, 5.41) is 6.92. The highest BCUT2D eigenvalue weighted by molar-refractivity contribution is 8.00. The molecule has 1 saturated carbocycles. The molecule has 0 N–H and O–H groups in total. The molecule has 2 aliphatic rings. The summed E-state index contributed by atoms with van der Waals surface area (Å²) in [5.41, 5.74) is 1.91. The molecule has 0 spiro atoms. The lowest BCUT2D eigenvalue weighted by Gasteiger charge is -2.20. The van der Waals surface area contributed by atoms with E-state index in [4.69, 9.17) is 9.15 Å². The van der Waals surface area contributed by atoms with Gasteiger partial charge in [-0.3, -0.25) is 4.79 Å². The van der Waals surface area contributed by atoms with Crippen LogP contribution in [0, 0.1) is 0 Å². The maximum Gasteiger partial charge on any atom is 0.253 e. The standard InChI is InChI=1S/C21H24N2O3S/c1-25-16-10-8-15(9-11-16)18-13-19(20-7-4-12-26-20)23(22-18)21(24)14-27-17-5-2-3-6-17/h4,7-12,17,19H,2-3,5-6,13-14H2,1H3/t19-/m1/s1. The third-order valence-electron chi connectivity index (χ3n) is 5.21. The molecule has 1 aliphatic heterocycles. The van der Waals surface area contributed by atoms with Crippen molar-refractivity contribution in [3.05, 3.63) is 54.0 Å². The van der Waals surface area contributed by atoms with Gasteiger partial charge in [-0.1, -0.05) is 12.8 Å². The van der Waals surface area contributed by atoms with Gasteiger partial charge < -0.3 is 9.15 Å². The Morgan fingerprint density at radius 1 is 1.26 bits per heavy atom. The number of hydrogen-bond donors (Lipinski definition) is 0. The van der Waals surface area contributed by atoms with E-state index in [1.807, 2.05) is 36.4 Å². The Morgan fingerprint density at radius 2 is 2.04 bits per heavy atom. The zero-order valence-corrected chi connectivity index (χ0v) is 16.3. The monoisotopic (exact) mass is 384 g/mol. The molecule has 142 valence electrons. The first-order valence-corrected chi connectivity index (χ1v) is 10.5. The van der Waals surface area contributed by atoms with E-state index in [1.165, 1.54) is 25.7 Å².